The molecule has 1 heterocycles. The Morgan fingerprint density at radius 2 is 2.12 bits per heavy atom. The van der Waals surface area contributed by atoms with Gasteiger partial charge in [-0.3, -0.25) is 4.79 Å². The summed E-state index contributed by atoms with van der Waals surface area (Å²) in [6.07, 6.45) is 3.42. The highest BCUT2D eigenvalue weighted by atomic mass is 16.1. The van der Waals surface area contributed by atoms with Gasteiger partial charge in [-0.25, -0.2) is 4.68 Å². The molecule has 0 saturated heterocycles. The smallest absolute Gasteiger partial charge is 0.168 e. The van der Waals surface area contributed by atoms with Crippen molar-refractivity contribution in [2.45, 2.75) is 20.8 Å². The largest absolute Gasteiger partial charge is 0.294 e. The minimum absolute atomic E-state index is 0.00478. The van der Waals surface area contributed by atoms with Crippen LogP contribution in [0.3, 0.4) is 0 Å². The Morgan fingerprint density at radius 3 is 2.76 bits per heavy atom. The lowest BCUT2D eigenvalue weighted by Gasteiger charge is -2.02. The molecule has 0 aliphatic carbocycles. The Kier molecular flexibility index (Phi) is 3.09. The minimum Gasteiger partial charge on any atom is -0.294 e. The van der Waals surface area contributed by atoms with Gasteiger partial charge in [0.25, 0.3) is 0 Å². The van der Waals surface area contributed by atoms with Crippen LogP contribution in [0.25, 0.3) is 5.69 Å². The fraction of sp³-hybridized carbons (Fsp3) is 0.286. The van der Waals surface area contributed by atoms with Crippen molar-refractivity contribution >= 4 is 5.78 Å². The number of Topliss-reactive ketones (excluding diaryl/α,β-unsaturated/α-hetero) is 1. The van der Waals surface area contributed by atoms with E-state index in [0.29, 0.717) is 5.56 Å². The average molecular weight is 228 g/mol. The van der Waals surface area contributed by atoms with E-state index in [1.54, 1.807) is 17.1 Å². The Morgan fingerprint density at radius 1 is 1.35 bits per heavy atom. The summed E-state index contributed by atoms with van der Waals surface area (Å²) in [4.78, 5) is 11.8. The minimum atomic E-state index is 0.00478. The first-order valence-electron chi connectivity index (χ1n) is 5.74. The number of benzene rings is 1. The van der Waals surface area contributed by atoms with Gasteiger partial charge in [-0.15, -0.1) is 0 Å². The quantitative estimate of drug-likeness (QED) is 0.757. The second kappa shape index (κ2) is 4.53. The van der Waals surface area contributed by atoms with E-state index in [9.17, 15) is 4.79 Å². The summed E-state index contributed by atoms with van der Waals surface area (Å²) >= 11 is 0. The molecule has 0 atom stereocenters. The lowest BCUT2D eigenvalue weighted by Crippen LogP contribution is -2.06. The van der Waals surface area contributed by atoms with Crippen LogP contribution in [-0.2, 0) is 0 Å². The van der Waals surface area contributed by atoms with Crippen molar-refractivity contribution in [3.05, 3.63) is 47.8 Å². The molecule has 0 aliphatic heterocycles. The zero-order valence-corrected chi connectivity index (χ0v) is 10.3. The molecule has 0 saturated carbocycles. The third-order valence-electron chi connectivity index (χ3n) is 2.66. The van der Waals surface area contributed by atoms with E-state index >= 15 is 0 Å². The first-order valence-corrected chi connectivity index (χ1v) is 5.74. The molecule has 0 spiro atoms. The van der Waals surface area contributed by atoms with E-state index in [0.717, 1.165) is 5.69 Å². The maximum atomic E-state index is 11.8. The number of hydrogen-bond acceptors (Lipinski definition) is 2. The molecule has 1 aromatic carbocycles. The number of aryl methyl sites for hydroxylation is 1. The lowest BCUT2D eigenvalue weighted by atomic mass is 10.0. The summed E-state index contributed by atoms with van der Waals surface area (Å²) in [5, 5.41) is 4.23. The predicted molar refractivity (Wildman–Crippen MR) is 67.5 cm³/mol. The fourth-order valence-electron chi connectivity index (χ4n) is 1.70. The number of aromatic nitrogens is 2. The second-order valence-corrected chi connectivity index (χ2v) is 4.53. The molecule has 0 fully saturated rings. The van der Waals surface area contributed by atoms with Crippen molar-refractivity contribution in [1.29, 1.82) is 0 Å². The lowest BCUT2D eigenvalue weighted by molar-refractivity contribution is 0.0939. The van der Waals surface area contributed by atoms with E-state index in [4.69, 9.17) is 0 Å². The number of rotatable bonds is 3. The van der Waals surface area contributed by atoms with Gasteiger partial charge in [0, 0.05) is 12.1 Å². The summed E-state index contributed by atoms with van der Waals surface area (Å²) in [6.45, 7) is 5.83. The molecule has 0 N–H and O–H groups in total. The van der Waals surface area contributed by atoms with Crippen LogP contribution in [0.1, 0.15) is 29.8 Å². The summed E-state index contributed by atoms with van der Waals surface area (Å²) in [5.74, 6) is 0.133. The van der Waals surface area contributed by atoms with Crippen molar-refractivity contribution in [2.75, 3.05) is 0 Å². The van der Waals surface area contributed by atoms with E-state index in [-0.39, 0.29) is 11.7 Å². The van der Waals surface area contributed by atoms with Crippen LogP contribution in [0.4, 0.5) is 0 Å². The van der Waals surface area contributed by atoms with Gasteiger partial charge >= 0.3 is 0 Å². The molecule has 17 heavy (non-hydrogen) atoms. The van der Waals surface area contributed by atoms with Crippen LogP contribution < -0.4 is 0 Å². The molecular weight excluding hydrogens is 212 g/mol. The van der Waals surface area contributed by atoms with E-state index in [2.05, 4.69) is 5.10 Å². The van der Waals surface area contributed by atoms with Gasteiger partial charge < -0.3 is 0 Å². The number of ketones is 1. The van der Waals surface area contributed by atoms with E-state index < -0.39 is 0 Å². The third kappa shape index (κ3) is 2.44. The van der Waals surface area contributed by atoms with Crippen molar-refractivity contribution in [3.8, 4) is 5.69 Å². The standard InChI is InChI=1S/C14H16N2O/c1-10(2)14(17)12-8-15-16(9-12)13-6-4-5-11(3)7-13/h4-10H,1-3H3. The first-order chi connectivity index (χ1) is 8.08. The molecule has 0 aliphatic rings. The van der Waals surface area contributed by atoms with Crippen LogP contribution in [-0.4, -0.2) is 15.6 Å². The maximum absolute atomic E-state index is 11.8. The summed E-state index contributed by atoms with van der Waals surface area (Å²) in [5.41, 5.74) is 2.82. The summed E-state index contributed by atoms with van der Waals surface area (Å²) in [6, 6.07) is 8.03. The van der Waals surface area contributed by atoms with Gasteiger partial charge in [0.1, 0.15) is 0 Å². The normalized spacial score (nSPS) is 10.8. The third-order valence-corrected chi connectivity index (χ3v) is 2.66. The highest BCUT2D eigenvalue weighted by Crippen LogP contribution is 2.12. The SMILES string of the molecule is Cc1cccc(-n2cc(C(=O)C(C)C)cn2)c1. The first kappa shape index (κ1) is 11.6. The van der Waals surface area contributed by atoms with Gasteiger partial charge in [-0.05, 0) is 24.6 Å². The van der Waals surface area contributed by atoms with Gasteiger partial charge in [0.15, 0.2) is 5.78 Å². The second-order valence-electron chi connectivity index (χ2n) is 4.53. The molecule has 3 nitrogen and oxygen atoms in total. The zero-order valence-electron chi connectivity index (χ0n) is 10.3. The Bertz CT molecular complexity index is 541. The number of nitrogens with zero attached hydrogens (tertiary/aromatic N) is 2. The van der Waals surface area contributed by atoms with Crippen molar-refractivity contribution in [2.24, 2.45) is 5.92 Å². The topological polar surface area (TPSA) is 34.9 Å². The van der Waals surface area contributed by atoms with Crippen molar-refractivity contribution in [1.82, 2.24) is 9.78 Å². The highest BCUT2D eigenvalue weighted by Gasteiger charge is 2.12. The van der Waals surface area contributed by atoms with Crippen LogP contribution in [0.5, 0.6) is 0 Å². The monoisotopic (exact) mass is 228 g/mol. The van der Waals surface area contributed by atoms with Crippen LogP contribution in [0.15, 0.2) is 36.7 Å². The number of hydrogen-bond donors (Lipinski definition) is 0. The molecule has 2 aromatic rings. The van der Waals surface area contributed by atoms with Crippen LogP contribution in [0.2, 0.25) is 0 Å². The van der Waals surface area contributed by atoms with Crippen LogP contribution >= 0.6 is 0 Å². The average Bonchev–Trinajstić information content (AvgIpc) is 2.77. The molecule has 0 unspecified atom stereocenters. The number of carbonyl (C=O) groups excluding carboxylic acids is 1. The van der Waals surface area contributed by atoms with Gasteiger partial charge in [0.05, 0.1) is 17.4 Å². The Labute approximate surface area is 101 Å². The summed E-state index contributed by atoms with van der Waals surface area (Å²) < 4.78 is 1.74. The molecule has 2 rings (SSSR count). The highest BCUT2D eigenvalue weighted by molar-refractivity contribution is 5.97. The fourth-order valence-corrected chi connectivity index (χ4v) is 1.70. The zero-order chi connectivity index (χ0) is 12.4. The van der Waals surface area contributed by atoms with Gasteiger partial charge in [-0.1, -0.05) is 26.0 Å². The molecule has 0 bridgehead atoms. The molecule has 3 heteroatoms. The Hall–Kier alpha value is -1.90. The van der Waals surface area contributed by atoms with E-state index in [1.165, 1.54) is 5.56 Å². The maximum Gasteiger partial charge on any atom is 0.168 e. The van der Waals surface area contributed by atoms with Crippen molar-refractivity contribution < 1.29 is 4.79 Å². The predicted octanol–water partition coefficient (Wildman–Crippen LogP) is 3.02. The summed E-state index contributed by atoms with van der Waals surface area (Å²) in [7, 11) is 0. The molecule has 0 radical (unpaired) electrons. The van der Waals surface area contributed by atoms with Crippen LogP contribution in [0, 0.1) is 12.8 Å². The van der Waals surface area contributed by atoms with E-state index in [1.807, 2.05) is 45.0 Å². The Balaban J connectivity index is 2.33. The van der Waals surface area contributed by atoms with Crippen molar-refractivity contribution in [3.63, 3.8) is 0 Å². The molecule has 1 aromatic heterocycles. The molecule has 88 valence electrons. The van der Waals surface area contributed by atoms with Gasteiger partial charge in [-0.2, -0.15) is 5.10 Å². The molecule has 0 amide bonds. The number of carbonyl (C=O) groups is 1. The molecular formula is C14H16N2O. The van der Waals surface area contributed by atoms with Gasteiger partial charge in [0.2, 0.25) is 0 Å².